The van der Waals surface area contributed by atoms with Crippen molar-refractivity contribution in [2.75, 3.05) is 37.6 Å². The first-order chi connectivity index (χ1) is 11.3. The third-order valence-electron chi connectivity index (χ3n) is 4.49. The van der Waals surface area contributed by atoms with E-state index < -0.39 is 23.9 Å². The minimum atomic E-state index is -4.43. The summed E-state index contributed by atoms with van der Waals surface area (Å²) in [5.41, 5.74) is 0.616. The van der Waals surface area contributed by atoms with E-state index in [9.17, 15) is 22.8 Å². The number of hydrogen-bond donors (Lipinski definition) is 1. The molecule has 0 bridgehead atoms. The van der Waals surface area contributed by atoms with Crippen molar-refractivity contribution in [1.29, 1.82) is 0 Å². The molecule has 1 N–H and O–H groups in total. The summed E-state index contributed by atoms with van der Waals surface area (Å²) >= 11 is 0. The zero-order valence-electron chi connectivity index (χ0n) is 13.1. The Morgan fingerprint density at radius 2 is 2.08 bits per heavy atom. The zero-order chi connectivity index (χ0) is 17.5. The van der Waals surface area contributed by atoms with Crippen LogP contribution >= 0.6 is 0 Å². The van der Waals surface area contributed by atoms with Crippen LogP contribution in [-0.4, -0.2) is 65.4 Å². The van der Waals surface area contributed by atoms with E-state index in [-0.39, 0.29) is 38.6 Å². The Balaban J connectivity index is 1.67. The Labute approximate surface area is 136 Å². The van der Waals surface area contributed by atoms with E-state index in [0.717, 1.165) is 0 Å². The van der Waals surface area contributed by atoms with Gasteiger partial charge in [-0.05, 0) is 0 Å². The number of halogens is 3. The normalized spacial score (nSPS) is 25.4. The molecule has 0 aliphatic carbocycles. The third-order valence-corrected chi connectivity index (χ3v) is 4.49. The summed E-state index contributed by atoms with van der Waals surface area (Å²) in [6.07, 6.45) is -1.21. The van der Waals surface area contributed by atoms with E-state index in [1.165, 1.54) is 16.0 Å². The topological polar surface area (TPSA) is 70.5 Å². The molecule has 2 saturated heterocycles. The minimum Gasteiger partial charge on any atom is -0.331 e. The highest BCUT2D eigenvalue weighted by atomic mass is 19.4. The van der Waals surface area contributed by atoms with Crippen molar-refractivity contribution >= 4 is 17.5 Å². The largest absolute Gasteiger partial charge is 0.393 e. The number of anilines is 1. The van der Waals surface area contributed by atoms with Crippen LogP contribution in [-0.2, 0) is 16.6 Å². The number of hydrogen-bond acceptors (Lipinski definition) is 4. The molecule has 3 rings (SSSR count). The predicted molar refractivity (Wildman–Crippen MR) is 78.0 cm³/mol. The number of rotatable bonds is 2. The van der Waals surface area contributed by atoms with Gasteiger partial charge in [-0.15, -0.1) is 0 Å². The number of aromatic nitrogens is 2. The SMILES string of the molecule is Cn1cc(N2CCN(C(=O)[C@@H]3CNC[C@H]3C(F)(F)F)CC2=O)cn1. The molecule has 2 atom stereocenters. The number of carbonyl (C=O) groups is 2. The molecule has 10 heteroatoms. The van der Waals surface area contributed by atoms with Crippen LogP contribution in [0.3, 0.4) is 0 Å². The van der Waals surface area contributed by atoms with Crippen LogP contribution in [0.15, 0.2) is 12.4 Å². The summed E-state index contributed by atoms with van der Waals surface area (Å²) in [6, 6.07) is 0. The molecule has 1 aromatic heterocycles. The maximum atomic E-state index is 13.0. The van der Waals surface area contributed by atoms with Crippen molar-refractivity contribution < 1.29 is 22.8 Å². The summed E-state index contributed by atoms with van der Waals surface area (Å²) in [4.78, 5) is 27.4. The molecule has 2 aliphatic rings. The molecule has 1 aromatic rings. The van der Waals surface area contributed by atoms with E-state index in [1.54, 1.807) is 17.9 Å². The van der Waals surface area contributed by atoms with E-state index >= 15 is 0 Å². The van der Waals surface area contributed by atoms with Gasteiger partial charge in [0.1, 0.15) is 6.54 Å². The molecule has 132 valence electrons. The van der Waals surface area contributed by atoms with Crippen molar-refractivity contribution in [2.24, 2.45) is 18.9 Å². The molecule has 24 heavy (non-hydrogen) atoms. The Bertz CT molecular complexity index is 645. The van der Waals surface area contributed by atoms with E-state index in [2.05, 4.69) is 10.4 Å². The molecule has 0 spiro atoms. The van der Waals surface area contributed by atoms with Crippen LogP contribution in [0.1, 0.15) is 0 Å². The Morgan fingerprint density at radius 3 is 2.67 bits per heavy atom. The van der Waals surface area contributed by atoms with E-state index in [1.807, 2.05) is 0 Å². The second kappa shape index (κ2) is 6.08. The second-order valence-corrected chi connectivity index (χ2v) is 6.09. The molecular weight excluding hydrogens is 327 g/mol. The highest BCUT2D eigenvalue weighted by Crippen LogP contribution is 2.35. The fraction of sp³-hybridized carbons (Fsp3) is 0.643. The van der Waals surface area contributed by atoms with Crippen molar-refractivity contribution in [1.82, 2.24) is 20.0 Å². The molecule has 0 aromatic carbocycles. The summed E-state index contributed by atoms with van der Waals surface area (Å²) in [7, 11) is 1.72. The van der Waals surface area contributed by atoms with Gasteiger partial charge in [-0.3, -0.25) is 14.3 Å². The van der Waals surface area contributed by atoms with Crippen molar-refractivity contribution in [3.05, 3.63) is 12.4 Å². The molecule has 0 saturated carbocycles. The van der Waals surface area contributed by atoms with Crippen molar-refractivity contribution in [2.45, 2.75) is 6.18 Å². The van der Waals surface area contributed by atoms with Gasteiger partial charge in [0, 0.05) is 39.4 Å². The van der Waals surface area contributed by atoms with E-state index in [0.29, 0.717) is 5.69 Å². The average Bonchev–Trinajstić information content (AvgIpc) is 3.14. The first kappa shape index (κ1) is 16.7. The Morgan fingerprint density at radius 1 is 1.33 bits per heavy atom. The molecule has 2 fully saturated rings. The quantitative estimate of drug-likeness (QED) is 0.819. The molecular formula is C14H18F3N5O2. The van der Waals surface area contributed by atoms with Crippen LogP contribution in [0.2, 0.25) is 0 Å². The van der Waals surface area contributed by atoms with Gasteiger partial charge in [0.25, 0.3) is 0 Å². The predicted octanol–water partition coefficient (Wildman–Crippen LogP) is -0.00680. The van der Waals surface area contributed by atoms with Gasteiger partial charge in [-0.1, -0.05) is 0 Å². The number of amides is 2. The molecule has 0 unspecified atom stereocenters. The molecule has 2 amide bonds. The Hall–Kier alpha value is -2.10. The maximum absolute atomic E-state index is 13.0. The lowest BCUT2D eigenvalue weighted by atomic mass is 9.93. The van der Waals surface area contributed by atoms with Gasteiger partial charge in [0.2, 0.25) is 11.8 Å². The van der Waals surface area contributed by atoms with Gasteiger partial charge in [-0.2, -0.15) is 18.3 Å². The summed E-state index contributed by atoms with van der Waals surface area (Å²) in [5.74, 6) is -3.79. The first-order valence-corrected chi connectivity index (χ1v) is 7.62. The molecule has 3 heterocycles. The standard InChI is InChI=1S/C14H18F3N5O2/c1-20-7-9(4-19-20)22-3-2-21(8-12(22)23)13(24)10-5-18-6-11(10)14(15,16)17/h4,7,10-11,18H,2-3,5-6,8H2,1H3/t10-,11-/m1/s1. The lowest BCUT2D eigenvalue weighted by Crippen LogP contribution is -2.55. The number of piperazine rings is 1. The smallest absolute Gasteiger partial charge is 0.331 e. The minimum absolute atomic E-state index is 0.0139. The third kappa shape index (κ3) is 3.10. The van der Waals surface area contributed by atoms with Crippen LogP contribution < -0.4 is 10.2 Å². The summed E-state index contributed by atoms with van der Waals surface area (Å²) in [5, 5.41) is 6.61. The van der Waals surface area contributed by atoms with Crippen molar-refractivity contribution in [3.63, 3.8) is 0 Å². The van der Waals surface area contributed by atoms with Gasteiger partial charge in [0.05, 0.1) is 23.7 Å². The number of alkyl halides is 3. The number of nitrogens with zero attached hydrogens (tertiary/aromatic N) is 4. The Kier molecular flexibility index (Phi) is 4.24. The number of carbonyl (C=O) groups excluding carboxylic acids is 2. The first-order valence-electron chi connectivity index (χ1n) is 7.62. The van der Waals surface area contributed by atoms with Gasteiger partial charge in [-0.25, -0.2) is 0 Å². The fourth-order valence-corrected chi connectivity index (χ4v) is 3.20. The van der Waals surface area contributed by atoms with Crippen LogP contribution in [0.4, 0.5) is 18.9 Å². The van der Waals surface area contributed by atoms with Crippen molar-refractivity contribution in [3.8, 4) is 0 Å². The second-order valence-electron chi connectivity index (χ2n) is 6.09. The highest BCUT2D eigenvalue weighted by molar-refractivity contribution is 5.98. The monoisotopic (exact) mass is 345 g/mol. The maximum Gasteiger partial charge on any atom is 0.393 e. The lowest BCUT2D eigenvalue weighted by Gasteiger charge is -2.35. The summed E-state index contributed by atoms with van der Waals surface area (Å²) in [6.45, 7) is -0.0357. The molecule has 2 aliphatic heterocycles. The number of nitrogens with one attached hydrogen (secondary N) is 1. The summed E-state index contributed by atoms with van der Waals surface area (Å²) < 4.78 is 40.6. The van der Waals surface area contributed by atoms with Crippen LogP contribution in [0.25, 0.3) is 0 Å². The van der Waals surface area contributed by atoms with Crippen LogP contribution in [0, 0.1) is 11.8 Å². The van der Waals surface area contributed by atoms with Gasteiger partial charge >= 0.3 is 6.18 Å². The fourth-order valence-electron chi connectivity index (χ4n) is 3.20. The molecule has 7 nitrogen and oxygen atoms in total. The average molecular weight is 345 g/mol. The zero-order valence-corrected chi connectivity index (χ0v) is 13.1. The van der Waals surface area contributed by atoms with Gasteiger partial charge < -0.3 is 15.1 Å². The number of aryl methyl sites for hydroxylation is 1. The molecule has 0 radical (unpaired) electrons. The highest BCUT2D eigenvalue weighted by Gasteiger charge is 2.51. The van der Waals surface area contributed by atoms with E-state index in [4.69, 9.17) is 0 Å². The lowest BCUT2D eigenvalue weighted by molar-refractivity contribution is -0.185. The van der Waals surface area contributed by atoms with Gasteiger partial charge in [0.15, 0.2) is 0 Å². The van der Waals surface area contributed by atoms with Crippen LogP contribution in [0.5, 0.6) is 0 Å².